The highest BCUT2D eigenvalue weighted by Gasteiger charge is 2.65. The maximum absolute atomic E-state index is 12.4. The molecule has 4 nitrogen and oxygen atoms in total. The Morgan fingerprint density at radius 2 is 1.55 bits per heavy atom. The topological polar surface area (TPSA) is 52.6 Å². The van der Waals surface area contributed by atoms with Crippen molar-refractivity contribution >= 4 is 22.2 Å². The van der Waals surface area contributed by atoms with Gasteiger partial charge in [0.05, 0.1) is 12.7 Å². The number of ether oxygens (including phenoxy) is 2. The number of hydrogen-bond acceptors (Lipinski definition) is 4. The number of rotatable bonds is 4. The Bertz CT molecular complexity index is 537. The van der Waals surface area contributed by atoms with E-state index in [9.17, 15) is 29.0 Å². The van der Waals surface area contributed by atoms with Gasteiger partial charge < -0.3 is 9.47 Å². The Balaban J connectivity index is 2.88. The molecule has 0 amide bonds. The van der Waals surface area contributed by atoms with E-state index in [1.807, 2.05) is 0 Å². The van der Waals surface area contributed by atoms with Crippen molar-refractivity contribution in [2.45, 2.75) is 4.90 Å². The highest BCUT2D eigenvalue weighted by molar-refractivity contribution is 8.45. The summed E-state index contributed by atoms with van der Waals surface area (Å²) in [6, 6.07) is 1.23. The molecule has 10 heteroatoms. The summed E-state index contributed by atoms with van der Waals surface area (Å²) in [7, 11) is -8.72. The van der Waals surface area contributed by atoms with Crippen LogP contribution in [0.3, 0.4) is 0 Å². The molecule has 0 saturated carbocycles. The van der Waals surface area contributed by atoms with Crippen molar-refractivity contribution in [2.75, 3.05) is 13.7 Å². The van der Waals surface area contributed by atoms with Crippen molar-refractivity contribution in [3.8, 4) is 0 Å². The fourth-order valence-corrected chi connectivity index (χ4v) is 1.77. The van der Waals surface area contributed by atoms with Gasteiger partial charge in [0.2, 0.25) is 0 Å². The SMILES string of the molecule is COC(=O)COC(=O)c1ccc(S(F)(F)(F)(F)F)cc1. The zero-order chi connectivity index (χ0) is 15.7. The summed E-state index contributed by atoms with van der Waals surface area (Å²) in [6.07, 6.45) is 0. The van der Waals surface area contributed by atoms with Crippen LogP contribution in [0.4, 0.5) is 19.4 Å². The predicted octanol–water partition coefficient (Wildman–Crippen LogP) is 3.67. The highest BCUT2D eigenvalue weighted by Crippen LogP contribution is 3.02. The highest BCUT2D eigenvalue weighted by atomic mass is 32.5. The van der Waals surface area contributed by atoms with Crippen molar-refractivity contribution in [2.24, 2.45) is 0 Å². The summed E-state index contributed by atoms with van der Waals surface area (Å²) in [5.74, 6) is -2.01. The van der Waals surface area contributed by atoms with E-state index in [4.69, 9.17) is 0 Å². The van der Waals surface area contributed by atoms with Gasteiger partial charge in [-0.2, -0.15) is 0 Å². The number of carbonyl (C=O) groups excluding carboxylic acids is 2. The van der Waals surface area contributed by atoms with Crippen molar-refractivity contribution in [1.82, 2.24) is 0 Å². The fourth-order valence-electron chi connectivity index (χ4n) is 1.11. The molecule has 0 bridgehead atoms. The number of hydrogen-bond donors (Lipinski definition) is 0. The van der Waals surface area contributed by atoms with E-state index in [0.717, 1.165) is 7.11 Å². The van der Waals surface area contributed by atoms with Gasteiger partial charge in [0.25, 0.3) is 0 Å². The predicted molar refractivity (Wildman–Crippen MR) is 60.1 cm³/mol. The molecule has 0 aliphatic carbocycles. The summed E-state index contributed by atoms with van der Waals surface area (Å²) in [4.78, 5) is 19.9. The monoisotopic (exact) mass is 320 g/mol. The number of carbonyl (C=O) groups is 2. The second-order valence-corrected chi connectivity index (χ2v) is 6.05. The van der Waals surface area contributed by atoms with Crippen LogP contribution in [-0.2, 0) is 14.3 Å². The van der Waals surface area contributed by atoms with E-state index >= 15 is 0 Å². The molecule has 0 N–H and O–H groups in total. The third kappa shape index (κ3) is 4.37. The minimum absolute atomic E-state index is 0.0797. The standard InChI is InChI=1S/C10H9F5O4S/c1-18-9(16)6-19-10(17)7-2-4-8(5-3-7)20(11,12,13,14)15/h2-5H,6H2,1H3. The van der Waals surface area contributed by atoms with Gasteiger partial charge in [-0.3, -0.25) is 0 Å². The lowest BCUT2D eigenvalue weighted by atomic mass is 10.2. The van der Waals surface area contributed by atoms with Gasteiger partial charge >= 0.3 is 22.2 Å². The van der Waals surface area contributed by atoms with Crippen LogP contribution in [0.1, 0.15) is 10.4 Å². The second-order valence-electron chi connectivity index (χ2n) is 3.65. The number of methoxy groups -OCH3 is 1. The van der Waals surface area contributed by atoms with Gasteiger partial charge in [-0.05, 0) is 24.3 Å². The molecule has 0 heterocycles. The first-order chi connectivity index (χ1) is 8.83. The molecule has 0 spiro atoms. The molecule has 20 heavy (non-hydrogen) atoms. The quantitative estimate of drug-likeness (QED) is 0.627. The molecular weight excluding hydrogens is 311 g/mol. The van der Waals surface area contributed by atoms with E-state index in [0.29, 0.717) is 12.1 Å². The first-order valence-corrected chi connectivity index (χ1v) is 6.87. The number of esters is 2. The Kier molecular flexibility index (Phi) is 3.51. The van der Waals surface area contributed by atoms with Gasteiger partial charge in [0.1, 0.15) is 4.90 Å². The van der Waals surface area contributed by atoms with E-state index in [1.54, 1.807) is 0 Å². The Hall–Kier alpha value is -1.84. The summed E-state index contributed by atoms with van der Waals surface area (Å²) < 4.78 is 70.6. The zero-order valence-corrected chi connectivity index (χ0v) is 10.8. The van der Waals surface area contributed by atoms with E-state index in [-0.39, 0.29) is 12.1 Å². The van der Waals surface area contributed by atoms with Crippen molar-refractivity contribution < 1.29 is 38.5 Å². The number of halogens is 5. The summed E-state index contributed by atoms with van der Waals surface area (Å²) in [6.45, 7) is -0.737. The maximum Gasteiger partial charge on any atom is 0.344 e. The molecule has 0 aliphatic heterocycles. The molecule has 1 aromatic rings. The molecule has 0 unspecified atom stereocenters. The fraction of sp³-hybridized carbons (Fsp3) is 0.200. The largest absolute Gasteiger partial charge is 0.466 e. The lowest BCUT2D eigenvalue weighted by Gasteiger charge is -2.40. The van der Waals surface area contributed by atoms with Crippen LogP contribution < -0.4 is 0 Å². The molecule has 114 valence electrons. The van der Waals surface area contributed by atoms with Crippen LogP contribution in [-0.4, -0.2) is 25.7 Å². The molecular formula is C10H9F5O4S. The summed E-state index contributed by atoms with van der Waals surface area (Å²) >= 11 is 0. The van der Waals surface area contributed by atoms with E-state index in [1.165, 1.54) is 0 Å². The van der Waals surface area contributed by atoms with Gasteiger partial charge in [0, 0.05) is 0 Å². The van der Waals surface area contributed by atoms with E-state index in [2.05, 4.69) is 9.47 Å². The van der Waals surface area contributed by atoms with Gasteiger partial charge in [-0.25, -0.2) is 9.59 Å². The summed E-state index contributed by atoms with van der Waals surface area (Å²) in [5.41, 5.74) is -0.403. The van der Waals surface area contributed by atoms with Crippen LogP contribution in [0.2, 0.25) is 0 Å². The van der Waals surface area contributed by atoms with Crippen molar-refractivity contribution in [1.29, 1.82) is 0 Å². The van der Waals surface area contributed by atoms with Crippen LogP contribution >= 0.6 is 10.2 Å². The van der Waals surface area contributed by atoms with Crippen molar-refractivity contribution in [3.05, 3.63) is 29.8 Å². The maximum atomic E-state index is 12.4. The Morgan fingerprint density at radius 3 is 1.95 bits per heavy atom. The third-order valence-corrected chi connectivity index (χ3v) is 3.25. The normalized spacial score (nSPS) is 14.9. The van der Waals surface area contributed by atoms with E-state index < -0.39 is 39.2 Å². The molecule has 0 atom stereocenters. The van der Waals surface area contributed by atoms with Crippen LogP contribution in [0, 0.1) is 0 Å². The smallest absolute Gasteiger partial charge is 0.344 e. The van der Waals surface area contributed by atoms with Crippen LogP contribution in [0.5, 0.6) is 0 Å². The number of benzene rings is 1. The van der Waals surface area contributed by atoms with Crippen molar-refractivity contribution in [3.63, 3.8) is 0 Å². The minimum Gasteiger partial charge on any atom is -0.466 e. The average molecular weight is 320 g/mol. The molecule has 0 radical (unpaired) electrons. The third-order valence-electron chi connectivity index (χ3n) is 2.08. The Labute approximate surface area is 110 Å². The molecule has 0 aliphatic rings. The minimum atomic E-state index is -9.76. The lowest BCUT2D eigenvalue weighted by molar-refractivity contribution is -0.144. The van der Waals surface area contributed by atoms with Crippen LogP contribution in [0.15, 0.2) is 29.2 Å². The molecule has 0 aromatic heterocycles. The van der Waals surface area contributed by atoms with Gasteiger partial charge in [0.15, 0.2) is 6.61 Å². The molecule has 0 saturated heterocycles. The van der Waals surface area contributed by atoms with Crippen LogP contribution in [0.25, 0.3) is 0 Å². The van der Waals surface area contributed by atoms with Gasteiger partial charge in [-0.15, -0.1) is 0 Å². The van der Waals surface area contributed by atoms with Gasteiger partial charge in [-0.1, -0.05) is 19.4 Å². The zero-order valence-electron chi connectivity index (χ0n) is 9.95. The molecule has 1 aromatic carbocycles. The molecule has 0 fully saturated rings. The second kappa shape index (κ2) is 4.33. The molecule has 1 rings (SSSR count). The average Bonchev–Trinajstić information content (AvgIpc) is 2.33. The Morgan fingerprint density at radius 1 is 1.05 bits per heavy atom. The first kappa shape index (κ1) is 16.2. The first-order valence-electron chi connectivity index (χ1n) is 4.91. The lowest BCUT2D eigenvalue weighted by Crippen LogP contribution is -2.15. The summed E-state index contributed by atoms with van der Waals surface area (Å²) in [5, 5.41) is 0.